The van der Waals surface area contributed by atoms with Crippen molar-refractivity contribution in [1.29, 1.82) is 0 Å². The third kappa shape index (κ3) is 3.96. The van der Waals surface area contributed by atoms with Crippen molar-refractivity contribution < 1.29 is 0 Å². The van der Waals surface area contributed by atoms with E-state index in [1.807, 2.05) is 0 Å². The maximum atomic E-state index is 3.63. The molecule has 0 aliphatic carbocycles. The predicted octanol–water partition coefficient (Wildman–Crippen LogP) is 11.7. The van der Waals surface area contributed by atoms with Gasteiger partial charge < -0.3 is 9.88 Å². The van der Waals surface area contributed by atoms with E-state index in [4.69, 9.17) is 0 Å². The molecule has 44 heavy (non-hydrogen) atoms. The van der Waals surface area contributed by atoms with Crippen LogP contribution in [0.1, 0.15) is 0 Å². The lowest BCUT2D eigenvalue weighted by Gasteiger charge is -2.11. The first kappa shape index (κ1) is 24.7. The zero-order chi connectivity index (χ0) is 29.0. The second kappa shape index (κ2) is 9.86. The summed E-state index contributed by atoms with van der Waals surface area (Å²) in [5.74, 6) is 0. The topological polar surface area (TPSA) is 17.0 Å². The van der Waals surface area contributed by atoms with E-state index in [9.17, 15) is 0 Å². The highest BCUT2D eigenvalue weighted by Gasteiger charge is 2.16. The van der Waals surface area contributed by atoms with E-state index in [2.05, 4.69) is 174 Å². The number of para-hydroxylation sites is 1. The van der Waals surface area contributed by atoms with Crippen molar-refractivity contribution in [2.24, 2.45) is 0 Å². The van der Waals surface area contributed by atoms with Gasteiger partial charge in [-0.2, -0.15) is 0 Å². The molecule has 0 spiro atoms. The molecular weight excluding hydrogens is 532 g/mol. The van der Waals surface area contributed by atoms with Gasteiger partial charge in [0.25, 0.3) is 0 Å². The number of benzene rings is 8. The lowest BCUT2D eigenvalue weighted by Crippen LogP contribution is -1.94. The highest BCUT2D eigenvalue weighted by molar-refractivity contribution is 6.19. The molecule has 1 heterocycles. The van der Waals surface area contributed by atoms with Gasteiger partial charge in [0.2, 0.25) is 0 Å². The first-order chi connectivity index (χ1) is 21.8. The number of fused-ring (bicyclic) bond motifs is 8. The van der Waals surface area contributed by atoms with Crippen molar-refractivity contribution in [2.45, 2.75) is 0 Å². The molecule has 1 N–H and O–H groups in total. The van der Waals surface area contributed by atoms with Crippen LogP contribution in [-0.2, 0) is 0 Å². The van der Waals surface area contributed by atoms with E-state index in [1.165, 1.54) is 70.9 Å². The highest BCUT2D eigenvalue weighted by Crippen LogP contribution is 2.38. The first-order valence-corrected chi connectivity index (χ1v) is 15.1. The van der Waals surface area contributed by atoms with Gasteiger partial charge >= 0.3 is 0 Å². The normalized spacial score (nSPS) is 11.6. The highest BCUT2D eigenvalue weighted by atomic mass is 15.0. The molecule has 9 aromatic rings. The summed E-state index contributed by atoms with van der Waals surface area (Å²) in [7, 11) is 0. The minimum absolute atomic E-state index is 1.07. The fraction of sp³-hybridized carbons (Fsp3) is 0. The fourth-order valence-electron chi connectivity index (χ4n) is 6.80. The summed E-state index contributed by atoms with van der Waals surface area (Å²) in [6, 6.07) is 59.1. The summed E-state index contributed by atoms with van der Waals surface area (Å²) in [6.45, 7) is 0. The third-order valence-corrected chi connectivity index (χ3v) is 8.92. The molecule has 0 bridgehead atoms. The molecule has 2 nitrogen and oxygen atoms in total. The monoisotopic (exact) mass is 560 g/mol. The van der Waals surface area contributed by atoms with Gasteiger partial charge in [-0.25, -0.2) is 0 Å². The summed E-state index contributed by atoms with van der Waals surface area (Å²) in [4.78, 5) is 0. The SMILES string of the molecule is c1ccc(-n2c3cc(-c4ccc(Nc5ccc6ccc7ccccc7c6c5)cc4)ccc3c3ccc4ccccc4c32)cc1. The number of rotatable bonds is 4. The van der Waals surface area contributed by atoms with Crippen LogP contribution in [-0.4, -0.2) is 4.57 Å². The van der Waals surface area contributed by atoms with Gasteiger partial charge in [0.15, 0.2) is 0 Å². The molecule has 0 aliphatic rings. The van der Waals surface area contributed by atoms with Gasteiger partial charge in [-0.3, -0.25) is 0 Å². The van der Waals surface area contributed by atoms with Crippen LogP contribution in [0.4, 0.5) is 11.4 Å². The van der Waals surface area contributed by atoms with Gasteiger partial charge in [-0.15, -0.1) is 0 Å². The lowest BCUT2D eigenvalue weighted by atomic mass is 10.0. The van der Waals surface area contributed by atoms with E-state index in [0.29, 0.717) is 0 Å². The molecule has 0 atom stereocenters. The molecule has 0 fully saturated rings. The smallest absolute Gasteiger partial charge is 0.0619 e. The maximum Gasteiger partial charge on any atom is 0.0619 e. The van der Waals surface area contributed by atoms with Crippen LogP contribution in [0.3, 0.4) is 0 Å². The fourth-order valence-corrected chi connectivity index (χ4v) is 6.80. The van der Waals surface area contributed by atoms with Crippen molar-refractivity contribution >= 4 is 65.5 Å². The summed E-state index contributed by atoms with van der Waals surface area (Å²) in [6.07, 6.45) is 0. The molecule has 1 aromatic heterocycles. The third-order valence-electron chi connectivity index (χ3n) is 8.92. The van der Waals surface area contributed by atoms with E-state index < -0.39 is 0 Å². The molecule has 0 unspecified atom stereocenters. The van der Waals surface area contributed by atoms with Crippen LogP contribution in [0.15, 0.2) is 164 Å². The zero-order valence-corrected chi connectivity index (χ0v) is 24.0. The Morgan fingerprint density at radius 3 is 1.77 bits per heavy atom. The Hall–Kier alpha value is -5.86. The average Bonchev–Trinajstić information content (AvgIpc) is 3.43. The molecule has 0 radical (unpaired) electrons. The number of nitrogens with zero attached hydrogens (tertiary/aromatic N) is 1. The van der Waals surface area contributed by atoms with E-state index >= 15 is 0 Å². The van der Waals surface area contributed by atoms with Crippen molar-refractivity contribution in [1.82, 2.24) is 4.57 Å². The Kier molecular flexibility index (Phi) is 5.54. The van der Waals surface area contributed by atoms with Gasteiger partial charge in [0.05, 0.1) is 11.0 Å². The molecular formula is C42H28N2. The second-order valence-electron chi connectivity index (χ2n) is 11.5. The Morgan fingerprint density at radius 1 is 0.364 bits per heavy atom. The predicted molar refractivity (Wildman–Crippen MR) is 188 cm³/mol. The summed E-state index contributed by atoms with van der Waals surface area (Å²) >= 11 is 0. The van der Waals surface area contributed by atoms with Crippen LogP contribution >= 0.6 is 0 Å². The van der Waals surface area contributed by atoms with Gasteiger partial charge in [0, 0.05) is 33.2 Å². The summed E-state index contributed by atoms with van der Waals surface area (Å²) in [5.41, 5.74) is 8.18. The van der Waals surface area contributed by atoms with E-state index in [1.54, 1.807) is 0 Å². The van der Waals surface area contributed by atoms with Gasteiger partial charge in [-0.05, 0) is 80.5 Å². The molecule has 206 valence electrons. The maximum absolute atomic E-state index is 3.63. The number of anilines is 2. The van der Waals surface area contributed by atoms with Gasteiger partial charge in [0.1, 0.15) is 0 Å². The Morgan fingerprint density at radius 2 is 0.955 bits per heavy atom. The quantitative estimate of drug-likeness (QED) is 0.212. The molecule has 0 saturated carbocycles. The van der Waals surface area contributed by atoms with Crippen LogP contribution in [0.25, 0.3) is 70.9 Å². The van der Waals surface area contributed by atoms with Crippen molar-refractivity contribution in [3.05, 3.63) is 164 Å². The Labute approximate surface area is 255 Å². The molecule has 9 rings (SSSR count). The largest absolute Gasteiger partial charge is 0.356 e. The molecule has 0 saturated heterocycles. The summed E-state index contributed by atoms with van der Waals surface area (Å²) in [5, 5.41) is 13.7. The van der Waals surface area contributed by atoms with E-state index in [-0.39, 0.29) is 0 Å². The van der Waals surface area contributed by atoms with Crippen LogP contribution in [0, 0.1) is 0 Å². The molecule has 0 aliphatic heterocycles. The molecule has 0 amide bonds. The molecule has 2 heteroatoms. The summed E-state index contributed by atoms with van der Waals surface area (Å²) < 4.78 is 2.43. The molecule has 8 aromatic carbocycles. The number of hydrogen-bond acceptors (Lipinski definition) is 1. The zero-order valence-electron chi connectivity index (χ0n) is 24.0. The second-order valence-corrected chi connectivity index (χ2v) is 11.5. The lowest BCUT2D eigenvalue weighted by molar-refractivity contribution is 1.19. The van der Waals surface area contributed by atoms with Crippen LogP contribution in [0.2, 0.25) is 0 Å². The number of aromatic nitrogens is 1. The van der Waals surface area contributed by atoms with Crippen molar-refractivity contribution in [2.75, 3.05) is 5.32 Å². The van der Waals surface area contributed by atoms with Gasteiger partial charge in [-0.1, -0.05) is 121 Å². The number of nitrogens with one attached hydrogen (secondary N) is 1. The van der Waals surface area contributed by atoms with Crippen LogP contribution in [0.5, 0.6) is 0 Å². The number of hydrogen-bond donors (Lipinski definition) is 1. The Balaban J connectivity index is 1.12. The van der Waals surface area contributed by atoms with Crippen molar-refractivity contribution in [3.8, 4) is 16.8 Å². The average molecular weight is 561 g/mol. The van der Waals surface area contributed by atoms with E-state index in [0.717, 1.165) is 11.4 Å². The Bertz CT molecular complexity index is 2500. The van der Waals surface area contributed by atoms with Crippen LogP contribution < -0.4 is 5.32 Å². The first-order valence-electron chi connectivity index (χ1n) is 15.1. The van der Waals surface area contributed by atoms with Crippen molar-refractivity contribution in [3.63, 3.8) is 0 Å². The minimum Gasteiger partial charge on any atom is -0.356 e. The minimum atomic E-state index is 1.07. The standard InChI is InChI=1S/C42H28N2/c1-2-10-35(11-3-1)44-41-26-32(20-24-38(41)39-25-19-30-9-5-7-13-37(30)42(39)44)28-16-21-33(22-17-28)43-34-23-18-31-15-14-29-8-4-6-12-36(29)40(31)27-34/h1-27,43H.